The van der Waals surface area contributed by atoms with Gasteiger partial charge < -0.3 is 15.7 Å². The van der Waals surface area contributed by atoms with E-state index in [9.17, 15) is 9.59 Å². The highest BCUT2D eigenvalue weighted by atomic mass is 35.5. The number of rotatable bonds is 5. The molecule has 0 fully saturated rings. The van der Waals surface area contributed by atoms with Gasteiger partial charge in [-0.05, 0) is 24.6 Å². The molecule has 7 heteroatoms. The zero-order valence-corrected chi connectivity index (χ0v) is 10.7. The minimum atomic E-state index is -0.902. The third-order valence-electron chi connectivity index (χ3n) is 2.20. The van der Waals surface area contributed by atoms with Gasteiger partial charge in [-0.25, -0.2) is 4.79 Å². The largest absolute Gasteiger partial charge is 0.481 e. The van der Waals surface area contributed by atoms with Crippen LogP contribution in [-0.4, -0.2) is 23.7 Å². The third kappa shape index (κ3) is 5.27. The van der Waals surface area contributed by atoms with Crippen molar-refractivity contribution in [3.8, 4) is 6.07 Å². The number of urea groups is 1. The zero-order valence-electron chi connectivity index (χ0n) is 9.94. The van der Waals surface area contributed by atoms with Crippen LogP contribution in [0.3, 0.4) is 0 Å². The lowest BCUT2D eigenvalue weighted by atomic mass is 10.2. The number of amides is 2. The fourth-order valence-corrected chi connectivity index (χ4v) is 1.52. The zero-order chi connectivity index (χ0) is 14.3. The Labute approximate surface area is 115 Å². The molecule has 1 aromatic carbocycles. The van der Waals surface area contributed by atoms with E-state index < -0.39 is 12.0 Å². The first kappa shape index (κ1) is 14.8. The van der Waals surface area contributed by atoms with Crippen LogP contribution in [0.5, 0.6) is 0 Å². The average molecular weight is 282 g/mol. The molecule has 0 saturated heterocycles. The number of carbonyl (C=O) groups excluding carboxylic acids is 1. The van der Waals surface area contributed by atoms with Gasteiger partial charge in [0, 0.05) is 18.7 Å². The van der Waals surface area contributed by atoms with Crippen LogP contribution in [-0.2, 0) is 4.79 Å². The molecule has 0 aliphatic rings. The van der Waals surface area contributed by atoms with E-state index in [4.69, 9.17) is 22.0 Å². The van der Waals surface area contributed by atoms with Gasteiger partial charge in [0.25, 0.3) is 0 Å². The number of nitrogens with one attached hydrogen (secondary N) is 2. The summed E-state index contributed by atoms with van der Waals surface area (Å²) in [5.74, 6) is -0.902. The van der Waals surface area contributed by atoms with Crippen LogP contribution < -0.4 is 10.6 Å². The second-order valence-electron chi connectivity index (χ2n) is 3.68. The summed E-state index contributed by atoms with van der Waals surface area (Å²) in [5.41, 5.74) is 0.786. The lowest BCUT2D eigenvalue weighted by Crippen LogP contribution is -2.29. The summed E-state index contributed by atoms with van der Waals surface area (Å²) >= 11 is 5.82. The predicted octanol–water partition coefficient (Wildman–Crippen LogP) is 2.20. The molecule has 0 saturated carbocycles. The summed E-state index contributed by atoms with van der Waals surface area (Å²) in [6.07, 6.45) is 0.361. The van der Waals surface area contributed by atoms with E-state index in [1.54, 1.807) is 6.07 Å². The van der Waals surface area contributed by atoms with Gasteiger partial charge >= 0.3 is 12.0 Å². The molecule has 0 heterocycles. The number of halogens is 1. The minimum absolute atomic E-state index is 0.00295. The van der Waals surface area contributed by atoms with Crippen molar-refractivity contribution in [3.63, 3.8) is 0 Å². The molecule has 0 aliphatic carbocycles. The van der Waals surface area contributed by atoms with E-state index in [1.165, 1.54) is 12.1 Å². The maximum absolute atomic E-state index is 11.4. The Bertz CT molecular complexity index is 525. The minimum Gasteiger partial charge on any atom is -0.481 e. The van der Waals surface area contributed by atoms with E-state index in [0.717, 1.165) is 0 Å². The van der Waals surface area contributed by atoms with Gasteiger partial charge in [0.2, 0.25) is 0 Å². The summed E-state index contributed by atoms with van der Waals surface area (Å²) in [5, 5.41) is 22.4. The summed E-state index contributed by atoms with van der Waals surface area (Å²) in [6, 6.07) is 5.99. The van der Waals surface area contributed by atoms with Gasteiger partial charge in [-0.1, -0.05) is 11.6 Å². The van der Waals surface area contributed by atoms with Crippen molar-refractivity contribution in [2.45, 2.75) is 12.8 Å². The molecule has 0 radical (unpaired) electrons. The Hall–Kier alpha value is -2.26. The third-order valence-corrected chi connectivity index (χ3v) is 2.51. The van der Waals surface area contributed by atoms with Crippen molar-refractivity contribution in [2.75, 3.05) is 11.9 Å². The van der Waals surface area contributed by atoms with Gasteiger partial charge in [0.05, 0.1) is 10.6 Å². The molecule has 3 N–H and O–H groups in total. The number of nitrogens with zero attached hydrogens (tertiary/aromatic N) is 1. The second-order valence-corrected chi connectivity index (χ2v) is 4.09. The van der Waals surface area contributed by atoms with Crippen LogP contribution in [0, 0.1) is 11.3 Å². The van der Waals surface area contributed by atoms with Crippen molar-refractivity contribution in [3.05, 3.63) is 28.8 Å². The van der Waals surface area contributed by atoms with E-state index in [1.807, 2.05) is 6.07 Å². The van der Waals surface area contributed by atoms with Crippen molar-refractivity contribution in [2.24, 2.45) is 0 Å². The van der Waals surface area contributed by atoms with Crippen LogP contribution in [0.25, 0.3) is 0 Å². The van der Waals surface area contributed by atoms with Gasteiger partial charge in [0.15, 0.2) is 0 Å². The number of hydrogen-bond acceptors (Lipinski definition) is 3. The number of aliphatic carboxylic acids is 1. The normalized spacial score (nSPS) is 9.47. The summed E-state index contributed by atoms with van der Waals surface area (Å²) < 4.78 is 0. The molecular weight excluding hydrogens is 270 g/mol. The lowest BCUT2D eigenvalue weighted by Gasteiger charge is -2.07. The Morgan fingerprint density at radius 1 is 1.42 bits per heavy atom. The Balaban J connectivity index is 2.42. The smallest absolute Gasteiger partial charge is 0.319 e. The van der Waals surface area contributed by atoms with E-state index >= 15 is 0 Å². The molecular formula is C12H12ClN3O3. The monoisotopic (exact) mass is 281 g/mol. The molecule has 0 aromatic heterocycles. The van der Waals surface area contributed by atoms with E-state index in [0.29, 0.717) is 17.7 Å². The first-order valence-corrected chi connectivity index (χ1v) is 5.87. The first-order valence-electron chi connectivity index (χ1n) is 5.49. The van der Waals surface area contributed by atoms with Crippen molar-refractivity contribution in [1.29, 1.82) is 5.26 Å². The molecule has 1 rings (SSSR count). The van der Waals surface area contributed by atoms with E-state index in [2.05, 4.69) is 10.6 Å². The van der Waals surface area contributed by atoms with Gasteiger partial charge in [-0.2, -0.15) is 5.26 Å². The highest BCUT2D eigenvalue weighted by molar-refractivity contribution is 6.32. The molecule has 0 bridgehead atoms. The fraction of sp³-hybridized carbons (Fsp3) is 0.250. The number of nitriles is 1. The number of benzene rings is 1. The Morgan fingerprint density at radius 3 is 2.74 bits per heavy atom. The highest BCUT2D eigenvalue weighted by Gasteiger charge is 2.05. The van der Waals surface area contributed by atoms with E-state index in [-0.39, 0.29) is 18.0 Å². The van der Waals surface area contributed by atoms with Crippen LogP contribution in [0.1, 0.15) is 18.4 Å². The number of anilines is 1. The molecule has 1 aromatic rings. The molecule has 0 atom stereocenters. The molecule has 0 aliphatic heterocycles. The Morgan fingerprint density at radius 2 is 2.16 bits per heavy atom. The molecule has 6 nitrogen and oxygen atoms in total. The van der Waals surface area contributed by atoms with Crippen LogP contribution in [0.4, 0.5) is 10.5 Å². The maximum atomic E-state index is 11.4. The molecule has 0 spiro atoms. The predicted molar refractivity (Wildman–Crippen MR) is 70.1 cm³/mol. The number of hydrogen-bond donors (Lipinski definition) is 3. The quantitative estimate of drug-likeness (QED) is 0.720. The highest BCUT2D eigenvalue weighted by Crippen LogP contribution is 2.19. The van der Waals surface area contributed by atoms with Gasteiger partial charge in [-0.3, -0.25) is 4.79 Å². The lowest BCUT2D eigenvalue weighted by molar-refractivity contribution is -0.137. The standard InChI is InChI=1S/C12H12ClN3O3/c13-10-6-9(4-3-8(10)7-14)16-12(19)15-5-1-2-11(17)18/h3-4,6H,1-2,5H2,(H,17,18)(H2,15,16,19). The summed E-state index contributed by atoms with van der Waals surface area (Å²) in [7, 11) is 0. The first-order chi connectivity index (χ1) is 9.02. The Kier molecular flexibility index (Phi) is 5.64. The molecule has 100 valence electrons. The summed E-state index contributed by atoms with van der Waals surface area (Å²) in [4.78, 5) is 21.7. The van der Waals surface area contributed by atoms with Crippen molar-refractivity contribution >= 4 is 29.3 Å². The van der Waals surface area contributed by atoms with Gasteiger partial charge in [-0.15, -0.1) is 0 Å². The number of carboxylic acid groups (broad SMARTS) is 1. The molecule has 19 heavy (non-hydrogen) atoms. The van der Waals surface area contributed by atoms with Crippen molar-refractivity contribution < 1.29 is 14.7 Å². The number of carbonyl (C=O) groups is 2. The fourth-order valence-electron chi connectivity index (χ4n) is 1.30. The maximum Gasteiger partial charge on any atom is 0.319 e. The SMILES string of the molecule is N#Cc1ccc(NC(=O)NCCCC(=O)O)cc1Cl. The van der Waals surface area contributed by atoms with Gasteiger partial charge in [0.1, 0.15) is 6.07 Å². The average Bonchev–Trinajstić information content (AvgIpc) is 2.35. The second kappa shape index (κ2) is 7.24. The topological polar surface area (TPSA) is 102 Å². The van der Waals surface area contributed by atoms with Crippen LogP contribution in [0.15, 0.2) is 18.2 Å². The molecule has 2 amide bonds. The summed E-state index contributed by atoms with van der Waals surface area (Å²) in [6.45, 7) is 0.266. The number of carboxylic acids is 1. The van der Waals surface area contributed by atoms with Crippen LogP contribution >= 0.6 is 11.6 Å². The van der Waals surface area contributed by atoms with Crippen LogP contribution in [0.2, 0.25) is 5.02 Å². The van der Waals surface area contributed by atoms with Crippen molar-refractivity contribution in [1.82, 2.24) is 5.32 Å². The molecule has 0 unspecified atom stereocenters.